The third-order valence-corrected chi connectivity index (χ3v) is 4.52. The fourth-order valence-corrected chi connectivity index (χ4v) is 2.87. The third kappa shape index (κ3) is 10.2. The Labute approximate surface area is 157 Å². The molecular formula is C20H32N2O2S. The lowest BCUT2D eigenvalue weighted by Gasteiger charge is -2.16. The van der Waals surface area contributed by atoms with Crippen molar-refractivity contribution in [1.29, 1.82) is 0 Å². The van der Waals surface area contributed by atoms with Gasteiger partial charge in [-0.1, -0.05) is 75.8 Å². The molecule has 140 valence electrons. The lowest BCUT2D eigenvalue weighted by molar-refractivity contribution is -0.128. The summed E-state index contributed by atoms with van der Waals surface area (Å²) in [5.74, 6) is 0.0397. The Morgan fingerprint density at radius 2 is 1.64 bits per heavy atom. The molecule has 0 aliphatic heterocycles. The molecule has 1 atom stereocenters. The second-order valence-corrected chi connectivity index (χ2v) is 6.74. The second-order valence-electron chi connectivity index (χ2n) is 6.38. The molecule has 2 amide bonds. The summed E-state index contributed by atoms with van der Waals surface area (Å²) in [4.78, 5) is 24.2. The summed E-state index contributed by atoms with van der Waals surface area (Å²) in [6.07, 6.45) is 8.68. The minimum Gasteiger partial charge on any atom is -0.350 e. The van der Waals surface area contributed by atoms with Gasteiger partial charge in [-0.15, -0.1) is 0 Å². The predicted octanol–water partition coefficient (Wildman–Crippen LogP) is 3.86. The number of thiol groups is 1. The molecule has 1 aromatic carbocycles. The smallest absolute Gasteiger partial charge is 0.243 e. The molecule has 5 heteroatoms. The van der Waals surface area contributed by atoms with E-state index in [1.165, 1.54) is 32.1 Å². The molecule has 0 unspecified atom stereocenters. The van der Waals surface area contributed by atoms with Gasteiger partial charge in [0.2, 0.25) is 11.8 Å². The minimum atomic E-state index is -0.580. The number of nitrogens with one attached hydrogen (secondary N) is 2. The normalized spacial score (nSPS) is 11.8. The van der Waals surface area contributed by atoms with Crippen LogP contribution in [0.15, 0.2) is 30.3 Å². The molecule has 0 radical (unpaired) electrons. The van der Waals surface area contributed by atoms with E-state index in [1.807, 2.05) is 30.3 Å². The van der Waals surface area contributed by atoms with Crippen LogP contribution in [-0.4, -0.2) is 23.6 Å². The number of hydrogen-bond acceptors (Lipinski definition) is 3. The van der Waals surface area contributed by atoms with E-state index >= 15 is 0 Å². The van der Waals surface area contributed by atoms with Gasteiger partial charge < -0.3 is 10.6 Å². The minimum absolute atomic E-state index is 0.0672. The van der Waals surface area contributed by atoms with Crippen molar-refractivity contribution in [3.8, 4) is 0 Å². The summed E-state index contributed by atoms with van der Waals surface area (Å²) in [5, 5.41) is 5.64. The van der Waals surface area contributed by atoms with Crippen molar-refractivity contribution < 1.29 is 9.59 Å². The summed E-state index contributed by atoms with van der Waals surface area (Å²) in [6, 6.07) is 9.13. The van der Waals surface area contributed by atoms with Gasteiger partial charge in [-0.05, 0) is 12.0 Å². The highest BCUT2D eigenvalue weighted by atomic mass is 32.1. The molecule has 1 rings (SSSR count). The average Bonchev–Trinajstić information content (AvgIpc) is 2.64. The molecule has 0 saturated heterocycles. The zero-order valence-electron chi connectivity index (χ0n) is 15.3. The van der Waals surface area contributed by atoms with Gasteiger partial charge in [0.15, 0.2) is 0 Å². The topological polar surface area (TPSA) is 58.2 Å². The number of hydrogen-bond donors (Lipinski definition) is 3. The maximum absolute atomic E-state index is 12.2. The maximum Gasteiger partial charge on any atom is 0.243 e. The Bertz CT molecular complexity index is 494. The van der Waals surface area contributed by atoms with E-state index in [2.05, 4.69) is 30.2 Å². The van der Waals surface area contributed by atoms with E-state index in [0.29, 0.717) is 18.7 Å². The van der Waals surface area contributed by atoms with Crippen molar-refractivity contribution in [2.45, 2.75) is 70.9 Å². The molecular weight excluding hydrogens is 332 g/mol. The second kappa shape index (κ2) is 13.8. The molecule has 4 nitrogen and oxygen atoms in total. The van der Waals surface area contributed by atoms with Gasteiger partial charge in [0, 0.05) is 18.7 Å². The Hall–Kier alpha value is -1.49. The average molecular weight is 365 g/mol. The van der Waals surface area contributed by atoms with E-state index < -0.39 is 6.04 Å². The van der Waals surface area contributed by atoms with Crippen molar-refractivity contribution in [3.63, 3.8) is 0 Å². The molecule has 0 heterocycles. The lowest BCUT2D eigenvalue weighted by Crippen LogP contribution is -2.47. The van der Waals surface area contributed by atoms with Crippen molar-refractivity contribution in [2.75, 3.05) is 5.75 Å². The lowest BCUT2D eigenvalue weighted by atomic mass is 10.1. The fourth-order valence-electron chi connectivity index (χ4n) is 2.61. The summed E-state index contributed by atoms with van der Waals surface area (Å²) in [6.45, 7) is 2.66. The van der Waals surface area contributed by atoms with Crippen molar-refractivity contribution in [3.05, 3.63) is 35.9 Å². The van der Waals surface area contributed by atoms with Crippen molar-refractivity contribution >= 4 is 24.4 Å². The predicted molar refractivity (Wildman–Crippen MR) is 107 cm³/mol. The van der Waals surface area contributed by atoms with Gasteiger partial charge in [-0.25, -0.2) is 0 Å². The monoisotopic (exact) mass is 364 g/mol. The highest BCUT2D eigenvalue weighted by Crippen LogP contribution is 2.08. The number of amides is 2. The van der Waals surface area contributed by atoms with Crippen molar-refractivity contribution in [2.24, 2.45) is 0 Å². The molecule has 0 aliphatic carbocycles. The zero-order valence-corrected chi connectivity index (χ0v) is 16.2. The Morgan fingerprint density at radius 3 is 2.28 bits per heavy atom. The zero-order chi connectivity index (χ0) is 18.3. The van der Waals surface area contributed by atoms with Gasteiger partial charge in [0.1, 0.15) is 6.04 Å². The van der Waals surface area contributed by atoms with Gasteiger partial charge in [-0.2, -0.15) is 12.6 Å². The first-order valence-corrected chi connectivity index (χ1v) is 10.0. The van der Waals surface area contributed by atoms with Crippen LogP contribution in [0.5, 0.6) is 0 Å². The van der Waals surface area contributed by atoms with E-state index in [0.717, 1.165) is 18.4 Å². The number of carbonyl (C=O) groups excluding carboxylic acids is 2. The van der Waals surface area contributed by atoms with Gasteiger partial charge >= 0.3 is 0 Å². The summed E-state index contributed by atoms with van der Waals surface area (Å²) in [5.41, 5.74) is 1.03. The van der Waals surface area contributed by atoms with Gasteiger partial charge in [-0.3, -0.25) is 9.59 Å². The summed E-state index contributed by atoms with van der Waals surface area (Å²) >= 11 is 4.19. The molecule has 0 spiro atoms. The first kappa shape index (κ1) is 21.6. The molecule has 0 aliphatic rings. The van der Waals surface area contributed by atoms with Crippen LogP contribution in [0.25, 0.3) is 0 Å². The molecule has 0 fully saturated rings. The standard InChI is InChI=1S/C20H32N2O2S/c1-2-3-4-5-6-7-11-14-19(23)22-18(16-25)20(24)21-15-17-12-9-8-10-13-17/h8-10,12-13,18,25H,2-7,11,14-16H2,1H3,(H,21,24)(H,22,23)/t18-/m0/s1. The van der Waals surface area contributed by atoms with E-state index in [4.69, 9.17) is 0 Å². The van der Waals surface area contributed by atoms with Crippen molar-refractivity contribution in [1.82, 2.24) is 10.6 Å². The maximum atomic E-state index is 12.2. The Morgan fingerprint density at radius 1 is 1.00 bits per heavy atom. The SMILES string of the molecule is CCCCCCCCCC(=O)N[C@@H](CS)C(=O)NCc1ccccc1. The molecule has 25 heavy (non-hydrogen) atoms. The van der Waals surface area contributed by atoms with Crippen LogP contribution >= 0.6 is 12.6 Å². The van der Waals surface area contributed by atoms with Crippen LogP contribution in [-0.2, 0) is 16.1 Å². The molecule has 0 aromatic heterocycles. The van der Waals surface area contributed by atoms with Crippen LogP contribution in [0.3, 0.4) is 0 Å². The number of unbranched alkanes of at least 4 members (excludes halogenated alkanes) is 6. The summed E-state index contributed by atoms with van der Waals surface area (Å²) < 4.78 is 0. The molecule has 0 saturated carbocycles. The van der Waals surface area contributed by atoms with E-state index in [-0.39, 0.29) is 11.8 Å². The van der Waals surface area contributed by atoms with Crippen LogP contribution in [0.1, 0.15) is 63.9 Å². The Balaban J connectivity index is 2.20. The first-order valence-electron chi connectivity index (χ1n) is 9.39. The van der Waals surface area contributed by atoms with Crippen LogP contribution in [0.2, 0.25) is 0 Å². The summed E-state index contributed by atoms with van der Waals surface area (Å²) in [7, 11) is 0. The first-order chi connectivity index (χ1) is 12.2. The largest absolute Gasteiger partial charge is 0.350 e. The molecule has 1 aromatic rings. The Kier molecular flexibility index (Phi) is 11.9. The van der Waals surface area contributed by atoms with Crippen LogP contribution in [0, 0.1) is 0 Å². The number of carbonyl (C=O) groups is 2. The van der Waals surface area contributed by atoms with Crippen LogP contribution in [0.4, 0.5) is 0 Å². The highest BCUT2D eigenvalue weighted by molar-refractivity contribution is 7.80. The van der Waals surface area contributed by atoms with Crippen LogP contribution < -0.4 is 10.6 Å². The highest BCUT2D eigenvalue weighted by Gasteiger charge is 2.18. The van der Waals surface area contributed by atoms with Gasteiger partial charge in [0.05, 0.1) is 0 Å². The van der Waals surface area contributed by atoms with E-state index in [9.17, 15) is 9.59 Å². The molecule has 0 bridgehead atoms. The quantitative estimate of drug-likeness (QED) is 0.368. The fraction of sp³-hybridized carbons (Fsp3) is 0.600. The molecule has 2 N–H and O–H groups in total. The number of benzene rings is 1. The third-order valence-electron chi connectivity index (χ3n) is 4.15. The number of rotatable bonds is 13. The van der Waals surface area contributed by atoms with Gasteiger partial charge in [0.25, 0.3) is 0 Å². The van der Waals surface area contributed by atoms with E-state index in [1.54, 1.807) is 0 Å².